The van der Waals surface area contributed by atoms with Crippen LogP contribution in [0.4, 0.5) is 0 Å². The van der Waals surface area contributed by atoms with Crippen molar-refractivity contribution in [3.63, 3.8) is 0 Å². The van der Waals surface area contributed by atoms with Crippen molar-refractivity contribution >= 4 is 54.9 Å². The summed E-state index contributed by atoms with van der Waals surface area (Å²) < 4.78 is 2.40. The van der Waals surface area contributed by atoms with Crippen LogP contribution in [0.5, 0.6) is 0 Å². The number of para-hydroxylation sites is 1. The van der Waals surface area contributed by atoms with E-state index in [9.17, 15) is 0 Å². The van der Waals surface area contributed by atoms with E-state index in [-0.39, 0.29) is 6.04 Å². The zero-order valence-electron chi connectivity index (χ0n) is 29.2. The van der Waals surface area contributed by atoms with Crippen molar-refractivity contribution in [3.8, 4) is 16.8 Å². The van der Waals surface area contributed by atoms with Crippen molar-refractivity contribution < 1.29 is 0 Å². The zero-order chi connectivity index (χ0) is 35.0. The zero-order valence-corrected chi connectivity index (χ0v) is 29.2. The number of aromatic nitrogens is 1. The average molecular weight is 668 g/mol. The molecule has 0 aliphatic heterocycles. The molecule has 3 nitrogen and oxygen atoms in total. The molecule has 0 saturated heterocycles. The fourth-order valence-electron chi connectivity index (χ4n) is 7.66. The van der Waals surface area contributed by atoms with Crippen molar-refractivity contribution in [2.45, 2.75) is 19.9 Å². The molecule has 1 aromatic heterocycles. The number of fused-ring (bicyclic) bond motifs is 6. The highest BCUT2D eigenvalue weighted by Gasteiger charge is 2.18. The summed E-state index contributed by atoms with van der Waals surface area (Å²) in [6.07, 6.45) is 0. The molecule has 0 aliphatic carbocycles. The predicted molar refractivity (Wildman–Crippen MR) is 221 cm³/mol. The first-order valence-corrected chi connectivity index (χ1v) is 17.9. The van der Waals surface area contributed by atoms with E-state index in [1.54, 1.807) is 0 Å². The second kappa shape index (κ2) is 13.3. The van der Waals surface area contributed by atoms with Gasteiger partial charge in [-0.05, 0) is 81.9 Å². The van der Waals surface area contributed by atoms with Gasteiger partial charge in [-0.1, -0.05) is 158 Å². The highest BCUT2D eigenvalue weighted by Crippen LogP contribution is 2.40. The maximum absolute atomic E-state index is 5.35. The normalized spacial score (nSPS) is 13.0. The Morgan fingerprint density at radius 2 is 1.08 bits per heavy atom. The number of nitrogens with zero attached hydrogens (tertiary/aromatic N) is 3. The first-order chi connectivity index (χ1) is 25.6. The molecule has 0 radical (unpaired) electrons. The summed E-state index contributed by atoms with van der Waals surface area (Å²) in [5.74, 6) is 0.725. The minimum absolute atomic E-state index is 0.160. The Morgan fingerprint density at radius 1 is 0.500 bits per heavy atom. The lowest BCUT2D eigenvalue weighted by atomic mass is 9.90. The fourth-order valence-corrected chi connectivity index (χ4v) is 7.66. The standard InChI is InChI=1S/C49H37N3/c1-33(35-15-5-3-6-16-35)50-49(39-19-7-4-8-20-39)51-34(2)41-31-27-36-17-9-11-21-42(36)47(41)38-25-29-40(30-26-38)52-45-24-14-13-23-44(45)48-43-22-12-10-18-37(43)28-32-46(48)52/h3-32,34H,1-2H3/b50-33+,51-49-. The van der Waals surface area contributed by atoms with Crippen LogP contribution in [0.2, 0.25) is 0 Å². The highest BCUT2D eigenvalue weighted by molar-refractivity contribution is 6.21. The van der Waals surface area contributed by atoms with E-state index in [0.717, 1.165) is 39.5 Å². The molecule has 248 valence electrons. The van der Waals surface area contributed by atoms with Gasteiger partial charge in [0.05, 0.1) is 17.1 Å². The van der Waals surface area contributed by atoms with Crippen molar-refractivity contribution in [3.05, 3.63) is 199 Å². The van der Waals surface area contributed by atoms with Crippen molar-refractivity contribution in [2.24, 2.45) is 9.98 Å². The maximum Gasteiger partial charge on any atom is 0.155 e. The number of aliphatic imine (C=N–C) groups is 2. The molecule has 0 aliphatic rings. The molecular weight excluding hydrogens is 631 g/mol. The van der Waals surface area contributed by atoms with Crippen LogP contribution >= 0.6 is 0 Å². The number of rotatable bonds is 6. The van der Waals surface area contributed by atoms with E-state index < -0.39 is 0 Å². The van der Waals surface area contributed by atoms with Gasteiger partial charge in [0.25, 0.3) is 0 Å². The molecule has 9 aromatic rings. The SMILES string of the molecule is C/C(=N\C(=N/C(C)c1ccc2ccccc2c1-c1ccc(-n2c3ccccc3c3c4ccccc4ccc32)cc1)c1ccccc1)c1ccccc1. The fraction of sp³-hybridized carbons (Fsp3) is 0.0612. The van der Waals surface area contributed by atoms with Crippen LogP contribution in [-0.4, -0.2) is 16.1 Å². The van der Waals surface area contributed by atoms with Crippen LogP contribution in [0, 0.1) is 0 Å². The average Bonchev–Trinajstić information content (AvgIpc) is 3.55. The van der Waals surface area contributed by atoms with Gasteiger partial charge in [0.1, 0.15) is 0 Å². The first-order valence-electron chi connectivity index (χ1n) is 17.9. The van der Waals surface area contributed by atoms with Gasteiger partial charge in [0.2, 0.25) is 0 Å². The molecule has 1 unspecified atom stereocenters. The summed E-state index contributed by atoms with van der Waals surface area (Å²) in [5.41, 5.74) is 10.1. The van der Waals surface area contributed by atoms with Gasteiger partial charge in [0, 0.05) is 27.7 Å². The quantitative estimate of drug-likeness (QED) is 0.125. The predicted octanol–water partition coefficient (Wildman–Crippen LogP) is 12.8. The monoisotopic (exact) mass is 667 g/mol. The largest absolute Gasteiger partial charge is 0.309 e. The molecule has 9 rings (SSSR count). The molecule has 52 heavy (non-hydrogen) atoms. The Hall–Kier alpha value is -6.58. The molecule has 0 fully saturated rings. The van der Waals surface area contributed by atoms with Gasteiger partial charge >= 0.3 is 0 Å². The first kappa shape index (κ1) is 31.4. The summed E-state index contributed by atoms with van der Waals surface area (Å²) in [7, 11) is 0. The molecule has 0 spiro atoms. The maximum atomic E-state index is 5.35. The molecule has 1 heterocycles. The van der Waals surface area contributed by atoms with Crippen LogP contribution < -0.4 is 0 Å². The van der Waals surface area contributed by atoms with Gasteiger partial charge in [-0.15, -0.1) is 0 Å². The van der Waals surface area contributed by atoms with E-state index >= 15 is 0 Å². The molecule has 0 saturated carbocycles. The Labute approximate surface area is 303 Å². The van der Waals surface area contributed by atoms with Crippen LogP contribution in [0.1, 0.15) is 36.6 Å². The molecule has 0 N–H and O–H groups in total. The third kappa shape index (κ3) is 5.57. The number of amidine groups is 1. The van der Waals surface area contributed by atoms with Crippen LogP contribution in [-0.2, 0) is 0 Å². The lowest BCUT2D eigenvalue weighted by Gasteiger charge is -2.18. The lowest BCUT2D eigenvalue weighted by molar-refractivity contribution is 0.822. The Morgan fingerprint density at radius 3 is 1.81 bits per heavy atom. The molecular formula is C49H37N3. The third-order valence-corrected chi connectivity index (χ3v) is 10.2. The van der Waals surface area contributed by atoms with E-state index in [4.69, 9.17) is 9.98 Å². The molecule has 0 amide bonds. The van der Waals surface area contributed by atoms with Gasteiger partial charge in [0.15, 0.2) is 5.84 Å². The minimum Gasteiger partial charge on any atom is -0.309 e. The summed E-state index contributed by atoms with van der Waals surface area (Å²) >= 11 is 0. The topological polar surface area (TPSA) is 29.6 Å². The minimum atomic E-state index is -0.160. The molecule has 3 heteroatoms. The molecule has 1 atom stereocenters. The van der Waals surface area contributed by atoms with Crippen molar-refractivity contribution in [1.82, 2.24) is 4.57 Å². The Bertz CT molecular complexity index is 2790. The summed E-state index contributed by atoms with van der Waals surface area (Å²) in [4.78, 5) is 10.5. The van der Waals surface area contributed by atoms with Crippen LogP contribution in [0.3, 0.4) is 0 Å². The van der Waals surface area contributed by atoms with Crippen molar-refractivity contribution in [1.29, 1.82) is 0 Å². The number of hydrogen-bond acceptors (Lipinski definition) is 1. The Balaban J connectivity index is 1.18. The summed E-state index contributed by atoms with van der Waals surface area (Å²) in [5, 5.41) is 7.51. The van der Waals surface area contributed by atoms with Crippen LogP contribution in [0.25, 0.3) is 60.2 Å². The van der Waals surface area contributed by atoms with E-state index in [2.05, 4.69) is 164 Å². The van der Waals surface area contributed by atoms with Gasteiger partial charge in [-0.25, -0.2) is 4.99 Å². The molecule has 0 bridgehead atoms. The van der Waals surface area contributed by atoms with E-state index in [1.165, 1.54) is 48.9 Å². The van der Waals surface area contributed by atoms with Crippen molar-refractivity contribution in [2.75, 3.05) is 0 Å². The van der Waals surface area contributed by atoms with Crippen LogP contribution in [0.15, 0.2) is 192 Å². The number of hydrogen-bond donors (Lipinski definition) is 0. The molecule has 8 aromatic carbocycles. The third-order valence-electron chi connectivity index (χ3n) is 10.2. The summed E-state index contributed by atoms with van der Waals surface area (Å²) in [6.45, 7) is 4.24. The van der Waals surface area contributed by atoms with Gasteiger partial charge in [-0.3, -0.25) is 4.99 Å². The summed E-state index contributed by atoms with van der Waals surface area (Å²) in [6, 6.07) is 64.6. The van der Waals surface area contributed by atoms with E-state index in [1.807, 2.05) is 36.4 Å². The highest BCUT2D eigenvalue weighted by atomic mass is 15.0. The Kier molecular flexibility index (Phi) is 8.02. The van der Waals surface area contributed by atoms with Gasteiger partial charge in [-0.2, -0.15) is 0 Å². The smallest absolute Gasteiger partial charge is 0.155 e. The second-order valence-corrected chi connectivity index (χ2v) is 13.4. The number of benzene rings is 8. The van der Waals surface area contributed by atoms with Gasteiger partial charge < -0.3 is 4.57 Å². The second-order valence-electron chi connectivity index (χ2n) is 13.4. The van der Waals surface area contributed by atoms with E-state index in [0.29, 0.717) is 0 Å². The lowest BCUT2D eigenvalue weighted by Crippen LogP contribution is -2.06.